The first-order chi connectivity index (χ1) is 11.2. The van der Waals surface area contributed by atoms with Gasteiger partial charge in [0.1, 0.15) is 18.4 Å². The van der Waals surface area contributed by atoms with Crippen molar-refractivity contribution in [2.24, 2.45) is 5.73 Å². The van der Waals surface area contributed by atoms with Crippen LogP contribution >= 0.6 is 0 Å². The molecule has 1 aliphatic heterocycles. The van der Waals surface area contributed by atoms with Crippen molar-refractivity contribution in [3.63, 3.8) is 0 Å². The van der Waals surface area contributed by atoms with Crippen LogP contribution in [0.5, 0.6) is 0 Å². The lowest BCUT2D eigenvalue weighted by Gasteiger charge is -2.30. The number of primary amides is 1. The zero-order valence-electron chi connectivity index (χ0n) is 15.6. The Morgan fingerprint density at radius 1 is 1.54 bits per heavy atom. The summed E-state index contributed by atoms with van der Waals surface area (Å²) in [5.41, 5.74) is 5.92. The van der Waals surface area contributed by atoms with Gasteiger partial charge in [-0.25, -0.2) is 0 Å². The van der Waals surface area contributed by atoms with Gasteiger partial charge in [-0.2, -0.15) is 0 Å². The lowest BCUT2D eigenvalue weighted by atomic mass is 10.1. The summed E-state index contributed by atoms with van der Waals surface area (Å²) in [5.74, 6) is -0.353. The molecule has 140 valence electrons. The van der Waals surface area contributed by atoms with Crippen molar-refractivity contribution in [3.05, 3.63) is 12.3 Å². The van der Waals surface area contributed by atoms with Crippen LogP contribution in [0.15, 0.2) is 12.3 Å². The molecule has 0 unspecified atom stereocenters. The number of unbranched alkanes of at least 4 members (excludes halogenated alkanes) is 1. The lowest BCUT2D eigenvalue weighted by molar-refractivity contribution is -0.138. The van der Waals surface area contributed by atoms with Gasteiger partial charge in [0.2, 0.25) is 5.91 Å². The van der Waals surface area contributed by atoms with Crippen molar-refractivity contribution >= 4 is 12.4 Å². The van der Waals surface area contributed by atoms with E-state index in [0.29, 0.717) is 19.8 Å². The highest BCUT2D eigenvalue weighted by Crippen LogP contribution is 2.20. The maximum absolute atomic E-state index is 11.3. The fourth-order valence-electron chi connectivity index (χ4n) is 2.19. The van der Waals surface area contributed by atoms with Crippen molar-refractivity contribution in [2.75, 3.05) is 20.4 Å². The van der Waals surface area contributed by atoms with E-state index < -0.39 is 0 Å². The van der Waals surface area contributed by atoms with Crippen molar-refractivity contribution in [3.8, 4) is 0 Å². The Balaban J connectivity index is 0.000000640. The summed E-state index contributed by atoms with van der Waals surface area (Å²) in [4.78, 5) is 22.7. The minimum Gasteiger partial charge on any atom is -0.462 e. The van der Waals surface area contributed by atoms with Crippen molar-refractivity contribution < 1.29 is 19.1 Å². The number of carbonyl (C=O) groups is 2. The first kappa shape index (κ1) is 22.4. The van der Waals surface area contributed by atoms with Gasteiger partial charge in [-0.15, -0.1) is 0 Å². The van der Waals surface area contributed by atoms with Crippen LogP contribution in [0.2, 0.25) is 0 Å². The highest BCUT2D eigenvalue weighted by molar-refractivity contribution is 5.80. The molecule has 0 radical (unpaired) electrons. The Bertz CT molecular complexity index is 407. The average molecular weight is 343 g/mol. The molecular formula is C17H33N3O4. The smallest absolute Gasteiger partial charge is 0.293 e. The molecule has 1 aliphatic rings. The van der Waals surface area contributed by atoms with Crippen molar-refractivity contribution in [2.45, 2.75) is 64.6 Å². The van der Waals surface area contributed by atoms with Gasteiger partial charge in [0, 0.05) is 11.7 Å². The number of likely N-dealkylation sites (N-methyl/N-ethyl adjacent to an activating group) is 1. The first-order valence-corrected chi connectivity index (χ1v) is 8.29. The summed E-state index contributed by atoms with van der Waals surface area (Å²) < 4.78 is 9.84. The predicted octanol–water partition coefficient (Wildman–Crippen LogP) is 1.38. The molecule has 1 heterocycles. The molecule has 1 saturated heterocycles. The molecule has 0 aromatic carbocycles. The van der Waals surface area contributed by atoms with E-state index in [9.17, 15) is 9.59 Å². The van der Waals surface area contributed by atoms with E-state index in [1.54, 1.807) is 0 Å². The monoisotopic (exact) mass is 343 g/mol. The molecule has 0 spiro atoms. The number of nitrogens with one attached hydrogen (secondary N) is 1. The zero-order chi connectivity index (χ0) is 18.8. The maximum atomic E-state index is 11.3. The van der Waals surface area contributed by atoms with Gasteiger partial charge in [0.05, 0.1) is 6.61 Å². The second-order valence-electron chi connectivity index (χ2n) is 6.69. The van der Waals surface area contributed by atoms with Crippen LogP contribution < -0.4 is 11.1 Å². The van der Waals surface area contributed by atoms with Crippen LogP contribution in [0.3, 0.4) is 0 Å². The van der Waals surface area contributed by atoms with E-state index in [0.717, 1.165) is 25.0 Å². The van der Waals surface area contributed by atoms with E-state index in [4.69, 9.17) is 10.5 Å². The molecule has 3 N–H and O–H groups in total. The summed E-state index contributed by atoms with van der Waals surface area (Å²) >= 11 is 0. The van der Waals surface area contributed by atoms with Crippen molar-refractivity contribution in [1.29, 1.82) is 0 Å². The predicted molar refractivity (Wildman–Crippen MR) is 94.1 cm³/mol. The third-order valence-electron chi connectivity index (χ3n) is 3.58. The van der Waals surface area contributed by atoms with E-state index >= 15 is 0 Å². The van der Waals surface area contributed by atoms with E-state index in [2.05, 4.69) is 23.6 Å². The van der Waals surface area contributed by atoms with Crippen LogP contribution in [0.4, 0.5) is 0 Å². The summed E-state index contributed by atoms with van der Waals surface area (Å²) in [5, 5.41) is 3.22. The molecule has 0 saturated carbocycles. The van der Waals surface area contributed by atoms with Crippen molar-refractivity contribution in [1.82, 2.24) is 10.2 Å². The molecule has 2 atom stereocenters. The van der Waals surface area contributed by atoms with Crippen LogP contribution in [-0.2, 0) is 19.1 Å². The zero-order valence-corrected chi connectivity index (χ0v) is 15.6. The summed E-state index contributed by atoms with van der Waals surface area (Å²) in [6, 6.07) is -0.196. The number of hydrogen-bond donors (Lipinski definition) is 2. The van der Waals surface area contributed by atoms with Gasteiger partial charge in [-0.05, 0) is 34.2 Å². The highest BCUT2D eigenvalue weighted by atomic mass is 16.5. The molecule has 0 aromatic rings. The van der Waals surface area contributed by atoms with Gasteiger partial charge in [-0.1, -0.05) is 26.3 Å². The molecule has 0 bridgehead atoms. The topological polar surface area (TPSA) is 93.9 Å². The molecule has 7 nitrogen and oxygen atoms in total. The minimum atomic E-state index is -0.375. The lowest BCUT2D eigenvalue weighted by Crippen LogP contribution is -2.45. The fraction of sp³-hybridized carbons (Fsp3) is 0.765. The average Bonchev–Trinajstić information content (AvgIpc) is 2.96. The molecule has 7 heteroatoms. The normalized spacial score (nSPS) is 18.4. The fourth-order valence-corrected chi connectivity index (χ4v) is 2.19. The SMILES string of the molecule is C=C([C@H](CCCC)NC)N1COC[C@H]1C(N)=O.CC(C)(C)OC=O. The first-order valence-electron chi connectivity index (χ1n) is 8.29. The maximum Gasteiger partial charge on any atom is 0.293 e. The summed E-state index contributed by atoms with van der Waals surface area (Å²) in [7, 11) is 1.90. The Morgan fingerprint density at radius 2 is 2.17 bits per heavy atom. The van der Waals surface area contributed by atoms with Crippen LogP contribution in [-0.4, -0.2) is 55.3 Å². The molecule has 24 heavy (non-hydrogen) atoms. The van der Waals surface area contributed by atoms with E-state index in [1.165, 1.54) is 0 Å². The number of carbonyl (C=O) groups excluding carboxylic acids is 2. The van der Waals surface area contributed by atoms with Gasteiger partial charge in [0.15, 0.2) is 0 Å². The van der Waals surface area contributed by atoms with Crippen LogP contribution in [0.1, 0.15) is 47.0 Å². The molecule has 1 fully saturated rings. The molecule has 0 aliphatic carbocycles. The van der Waals surface area contributed by atoms with Gasteiger partial charge in [0.25, 0.3) is 6.47 Å². The number of nitrogens with zero attached hydrogens (tertiary/aromatic N) is 1. The van der Waals surface area contributed by atoms with E-state index in [1.807, 2.05) is 32.7 Å². The standard InChI is InChI=1S/C12H23N3O2.C5H10O2/c1-4-5-6-10(14-3)9(2)15-8-17-7-11(15)12(13)16;1-5(2,3)7-4-6/h10-11,14H,2,4-8H2,1,3H3,(H2,13,16);4H,1-3H3/t10-,11-;/m0./s1. The highest BCUT2D eigenvalue weighted by Gasteiger charge is 2.32. The number of amides is 1. The Hall–Kier alpha value is -1.60. The second-order valence-corrected chi connectivity index (χ2v) is 6.69. The largest absolute Gasteiger partial charge is 0.462 e. The third-order valence-corrected chi connectivity index (χ3v) is 3.58. The van der Waals surface area contributed by atoms with Crippen LogP contribution in [0, 0.1) is 0 Å². The molecule has 1 rings (SSSR count). The molecule has 1 amide bonds. The number of nitrogens with two attached hydrogens (primary N) is 1. The Kier molecular flexibility index (Phi) is 10.3. The third kappa shape index (κ3) is 8.31. The van der Waals surface area contributed by atoms with Gasteiger partial charge >= 0.3 is 0 Å². The quantitative estimate of drug-likeness (QED) is 0.647. The number of hydrogen-bond acceptors (Lipinski definition) is 6. The van der Waals surface area contributed by atoms with Gasteiger partial charge < -0.3 is 25.4 Å². The van der Waals surface area contributed by atoms with E-state index in [-0.39, 0.29) is 23.6 Å². The van der Waals surface area contributed by atoms with Crippen LogP contribution in [0.25, 0.3) is 0 Å². The number of rotatable bonds is 8. The summed E-state index contributed by atoms with van der Waals surface area (Å²) in [6.07, 6.45) is 3.27. The Morgan fingerprint density at radius 3 is 2.54 bits per heavy atom. The minimum absolute atomic E-state index is 0.179. The second kappa shape index (κ2) is 11.0. The Labute approximate surface area is 145 Å². The van der Waals surface area contributed by atoms with Gasteiger partial charge in [-0.3, -0.25) is 9.59 Å². The molecule has 0 aromatic heterocycles. The molecular weight excluding hydrogens is 310 g/mol. The number of ether oxygens (including phenoxy) is 2. The summed E-state index contributed by atoms with van der Waals surface area (Å²) in [6.45, 7) is 12.9.